The van der Waals surface area contributed by atoms with Gasteiger partial charge in [0, 0.05) is 0 Å². The molecule has 0 aliphatic rings. The maximum atomic E-state index is 10.7. The lowest BCUT2D eigenvalue weighted by molar-refractivity contribution is 0.0697. The van der Waals surface area contributed by atoms with E-state index in [1.165, 1.54) is 0 Å². The van der Waals surface area contributed by atoms with Crippen LogP contribution in [0.2, 0.25) is 0 Å². The third-order valence-electron chi connectivity index (χ3n) is 1.96. The Morgan fingerprint density at radius 2 is 2.31 bits per heavy atom. The first-order valence-electron chi connectivity index (χ1n) is 3.85. The molecule has 2 N–H and O–H groups in total. The molecule has 4 nitrogen and oxygen atoms in total. The quantitative estimate of drug-likeness (QED) is 0.693. The Hall–Kier alpha value is -1.84. The molecule has 0 atom stereocenters. The first-order valence-corrected chi connectivity index (χ1v) is 3.85. The number of hydrogen-bond donors (Lipinski definition) is 2. The van der Waals surface area contributed by atoms with Crippen molar-refractivity contribution in [2.45, 2.75) is 6.92 Å². The molecule has 0 spiro atoms. The van der Waals surface area contributed by atoms with E-state index in [0.29, 0.717) is 0 Å². The van der Waals surface area contributed by atoms with E-state index in [1.807, 2.05) is 6.92 Å². The molecule has 0 amide bonds. The van der Waals surface area contributed by atoms with Crippen LogP contribution in [0.5, 0.6) is 0 Å². The van der Waals surface area contributed by atoms with E-state index in [0.717, 1.165) is 16.6 Å². The summed E-state index contributed by atoms with van der Waals surface area (Å²) in [6.07, 6.45) is 1.56. The van der Waals surface area contributed by atoms with Crippen molar-refractivity contribution >= 4 is 17.0 Å². The number of nitrogens with one attached hydrogen (secondary N) is 1. The molecule has 1 aromatic heterocycles. The van der Waals surface area contributed by atoms with Crippen LogP contribution in [0.15, 0.2) is 18.5 Å². The van der Waals surface area contributed by atoms with Gasteiger partial charge < -0.3 is 10.1 Å². The van der Waals surface area contributed by atoms with Gasteiger partial charge in [-0.25, -0.2) is 9.78 Å². The molecule has 2 aromatic rings. The molecule has 0 saturated heterocycles. The van der Waals surface area contributed by atoms with Gasteiger partial charge in [-0.05, 0) is 24.6 Å². The second kappa shape index (κ2) is 2.58. The van der Waals surface area contributed by atoms with Crippen LogP contribution in [0.25, 0.3) is 11.0 Å². The van der Waals surface area contributed by atoms with Gasteiger partial charge >= 0.3 is 5.97 Å². The molecule has 0 aliphatic heterocycles. The smallest absolute Gasteiger partial charge is 0.335 e. The number of carboxylic acids is 1. The number of carboxylic acid groups (broad SMARTS) is 1. The van der Waals surface area contributed by atoms with Crippen molar-refractivity contribution in [1.82, 2.24) is 9.97 Å². The van der Waals surface area contributed by atoms with Crippen LogP contribution in [-0.2, 0) is 0 Å². The molecular formula is C9H8N2O2. The van der Waals surface area contributed by atoms with Crippen molar-refractivity contribution in [2.24, 2.45) is 0 Å². The second-order valence-corrected chi connectivity index (χ2v) is 2.90. The summed E-state index contributed by atoms with van der Waals surface area (Å²) >= 11 is 0. The SMILES string of the molecule is Cc1cc(C(=O)O)cc2[nH]cnc12. The van der Waals surface area contributed by atoms with E-state index < -0.39 is 5.97 Å². The van der Waals surface area contributed by atoms with Gasteiger partial charge in [-0.1, -0.05) is 0 Å². The standard InChI is InChI=1S/C9H8N2O2/c1-5-2-6(9(12)13)3-7-8(5)11-4-10-7/h2-4H,1H3,(H,10,11)(H,12,13). The maximum Gasteiger partial charge on any atom is 0.335 e. The van der Waals surface area contributed by atoms with E-state index in [4.69, 9.17) is 5.11 Å². The molecule has 0 unspecified atom stereocenters. The lowest BCUT2D eigenvalue weighted by atomic mass is 10.1. The number of carbonyl (C=O) groups is 1. The van der Waals surface area contributed by atoms with Gasteiger partial charge in [-0.2, -0.15) is 0 Å². The minimum atomic E-state index is -0.917. The van der Waals surface area contributed by atoms with Crippen LogP contribution < -0.4 is 0 Å². The van der Waals surface area contributed by atoms with Crippen molar-refractivity contribution < 1.29 is 9.90 Å². The molecule has 1 heterocycles. The predicted octanol–water partition coefficient (Wildman–Crippen LogP) is 1.57. The number of benzene rings is 1. The fraction of sp³-hybridized carbons (Fsp3) is 0.111. The minimum Gasteiger partial charge on any atom is -0.478 e. The Labute approximate surface area is 74.2 Å². The van der Waals surface area contributed by atoms with E-state index in [2.05, 4.69) is 9.97 Å². The highest BCUT2D eigenvalue weighted by Crippen LogP contribution is 2.16. The molecule has 1 aromatic carbocycles. The van der Waals surface area contributed by atoms with Crippen molar-refractivity contribution in [3.63, 3.8) is 0 Å². The summed E-state index contributed by atoms with van der Waals surface area (Å²) in [6.45, 7) is 1.84. The topological polar surface area (TPSA) is 66.0 Å². The normalized spacial score (nSPS) is 10.5. The highest BCUT2D eigenvalue weighted by molar-refractivity contribution is 5.93. The van der Waals surface area contributed by atoms with Crippen LogP contribution in [0.1, 0.15) is 15.9 Å². The monoisotopic (exact) mass is 176 g/mol. The fourth-order valence-corrected chi connectivity index (χ4v) is 1.35. The number of H-pyrrole nitrogens is 1. The number of rotatable bonds is 1. The Bertz CT molecular complexity index is 473. The Balaban J connectivity index is 2.77. The van der Waals surface area contributed by atoms with Crippen LogP contribution in [-0.4, -0.2) is 21.0 Å². The summed E-state index contributed by atoms with van der Waals surface area (Å²) in [7, 11) is 0. The summed E-state index contributed by atoms with van der Waals surface area (Å²) in [5.41, 5.74) is 2.74. The van der Waals surface area contributed by atoms with Gasteiger partial charge in [-0.15, -0.1) is 0 Å². The third-order valence-corrected chi connectivity index (χ3v) is 1.96. The molecule has 0 aliphatic carbocycles. The maximum absolute atomic E-state index is 10.7. The Morgan fingerprint density at radius 3 is 3.00 bits per heavy atom. The average Bonchev–Trinajstić information content (AvgIpc) is 2.51. The lowest BCUT2D eigenvalue weighted by Gasteiger charge is -1.97. The molecule has 13 heavy (non-hydrogen) atoms. The van der Waals surface area contributed by atoms with Crippen LogP contribution in [0, 0.1) is 6.92 Å². The van der Waals surface area contributed by atoms with E-state index in [9.17, 15) is 4.79 Å². The van der Waals surface area contributed by atoms with Gasteiger partial charge in [0.1, 0.15) is 0 Å². The zero-order chi connectivity index (χ0) is 9.42. The number of aromatic amines is 1. The molecular weight excluding hydrogens is 168 g/mol. The van der Waals surface area contributed by atoms with Crippen LogP contribution in [0.3, 0.4) is 0 Å². The summed E-state index contributed by atoms with van der Waals surface area (Å²) in [5, 5.41) is 8.77. The number of aryl methyl sites for hydroxylation is 1. The third kappa shape index (κ3) is 1.16. The first-order chi connectivity index (χ1) is 6.18. The average molecular weight is 176 g/mol. The van der Waals surface area contributed by atoms with Crippen molar-refractivity contribution in [1.29, 1.82) is 0 Å². The number of nitrogens with zero attached hydrogens (tertiary/aromatic N) is 1. The minimum absolute atomic E-state index is 0.286. The molecule has 0 radical (unpaired) electrons. The van der Waals surface area contributed by atoms with Crippen molar-refractivity contribution in [3.05, 3.63) is 29.6 Å². The summed E-state index contributed by atoms with van der Waals surface area (Å²) in [6, 6.07) is 3.20. The molecule has 4 heteroatoms. The summed E-state index contributed by atoms with van der Waals surface area (Å²) in [4.78, 5) is 17.6. The summed E-state index contributed by atoms with van der Waals surface area (Å²) < 4.78 is 0. The lowest BCUT2D eigenvalue weighted by Crippen LogP contribution is -1.96. The van der Waals surface area contributed by atoms with Crippen molar-refractivity contribution in [2.75, 3.05) is 0 Å². The predicted molar refractivity (Wildman–Crippen MR) is 47.8 cm³/mol. The molecule has 66 valence electrons. The van der Waals surface area contributed by atoms with E-state index in [-0.39, 0.29) is 5.56 Å². The molecule has 0 bridgehead atoms. The largest absolute Gasteiger partial charge is 0.478 e. The van der Waals surface area contributed by atoms with Gasteiger partial charge in [0.2, 0.25) is 0 Å². The zero-order valence-electron chi connectivity index (χ0n) is 7.03. The Kier molecular flexibility index (Phi) is 1.55. The highest BCUT2D eigenvalue weighted by Gasteiger charge is 2.07. The Morgan fingerprint density at radius 1 is 1.54 bits per heavy atom. The van der Waals surface area contributed by atoms with Gasteiger partial charge in [0.25, 0.3) is 0 Å². The highest BCUT2D eigenvalue weighted by atomic mass is 16.4. The molecule has 2 rings (SSSR count). The van der Waals surface area contributed by atoms with Crippen LogP contribution in [0.4, 0.5) is 0 Å². The van der Waals surface area contributed by atoms with Crippen molar-refractivity contribution in [3.8, 4) is 0 Å². The number of aromatic carboxylic acids is 1. The van der Waals surface area contributed by atoms with E-state index in [1.54, 1.807) is 18.5 Å². The second-order valence-electron chi connectivity index (χ2n) is 2.90. The number of aromatic nitrogens is 2. The van der Waals surface area contributed by atoms with Gasteiger partial charge in [0.15, 0.2) is 0 Å². The number of fused-ring (bicyclic) bond motifs is 1. The zero-order valence-corrected chi connectivity index (χ0v) is 7.03. The summed E-state index contributed by atoms with van der Waals surface area (Å²) in [5.74, 6) is -0.917. The number of hydrogen-bond acceptors (Lipinski definition) is 2. The molecule has 0 saturated carbocycles. The number of imidazole rings is 1. The molecule has 0 fully saturated rings. The van der Waals surface area contributed by atoms with E-state index >= 15 is 0 Å². The fourth-order valence-electron chi connectivity index (χ4n) is 1.35. The van der Waals surface area contributed by atoms with Crippen LogP contribution >= 0.6 is 0 Å². The van der Waals surface area contributed by atoms with Gasteiger partial charge in [0.05, 0.1) is 22.9 Å². The van der Waals surface area contributed by atoms with Gasteiger partial charge in [-0.3, -0.25) is 0 Å². The first kappa shape index (κ1) is 7.79.